The monoisotopic (exact) mass is 256 g/mol. The first-order valence-electron chi connectivity index (χ1n) is 6.30. The van der Waals surface area contributed by atoms with Gasteiger partial charge >= 0.3 is 0 Å². The highest BCUT2D eigenvalue weighted by atomic mass is 16.2. The molecule has 2 N–H and O–H groups in total. The predicted molar refractivity (Wildman–Crippen MR) is 73.0 cm³/mol. The van der Waals surface area contributed by atoms with E-state index in [2.05, 4.69) is 5.10 Å². The molecule has 0 spiro atoms. The summed E-state index contributed by atoms with van der Waals surface area (Å²) in [5, 5.41) is 4.17. The third-order valence-corrected chi connectivity index (χ3v) is 3.36. The molecule has 5 heteroatoms. The average molecular weight is 256 g/mol. The van der Waals surface area contributed by atoms with Gasteiger partial charge in [-0.25, -0.2) is 0 Å². The number of para-hydroxylation sites is 1. The minimum atomic E-state index is -0.0943. The van der Waals surface area contributed by atoms with Gasteiger partial charge in [0.1, 0.15) is 0 Å². The topological polar surface area (TPSA) is 64.2 Å². The van der Waals surface area contributed by atoms with E-state index in [-0.39, 0.29) is 11.9 Å². The SMILES string of the molecule is Cn1ccc(C(=O)N2CC(N)Cc3ccccc32)n1. The zero-order valence-electron chi connectivity index (χ0n) is 10.8. The van der Waals surface area contributed by atoms with Gasteiger partial charge in [0.2, 0.25) is 0 Å². The lowest BCUT2D eigenvalue weighted by molar-refractivity contribution is 0.0978. The molecule has 0 saturated heterocycles. The highest BCUT2D eigenvalue weighted by Gasteiger charge is 2.28. The first kappa shape index (κ1) is 11.9. The van der Waals surface area contributed by atoms with E-state index in [4.69, 9.17) is 5.73 Å². The van der Waals surface area contributed by atoms with Gasteiger partial charge in [0.05, 0.1) is 0 Å². The quantitative estimate of drug-likeness (QED) is 0.826. The fraction of sp³-hybridized carbons (Fsp3) is 0.286. The van der Waals surface area contributed by atoms with Crippen LogP contribution in [-0.4, -0.2) is 28.3 Å². The molecular formula is C14H16N4O. The number of benzene rings is 1. The lowest BCUT2D eigenvalue weighted by Crippen LogP contribution is -2.46. The van der Waals surface area contributed by atoms with Crippen molar-refractivity contribution in [2.45, 2.75) is 12.5 Å². The van der Waals surface area contributed by atoms with Crippen LogP contribution in [0.1, 0.15) is 16.1 Å². The summed E-state index contributed by atoms with van der Waals surface area (Å²) in [6.07, 6.45) is 2.57. The molecule has 0 saturated carbocycles. The van der Waals surface area contributed by atoms with Gasteiger partial charge in [0.15, 0.2) is 5.69 Å². The molecule has 0 fully saturated rings. The Bertz CT molecular complexity index is 619. The van der Waals surface area contributed by atoms with Crippen molar-refractivity contribution in [2.75, 3.05) is 11.4 Å². The maximum absolute atomic E-state index is 12.5. The Kier molecular flexibility index (Phi) is 2.83. The maximum Gasteiger partial charge on any atom is 0.278 e. The molecule has 1 unspecified atom stereocenters. The molecule has 1 amide bonds. The molecule has 3 rings (SSSR count). The molecular weight excluding hydrogens is 240 g/mol. The van der Waals surface area contributed by atoms with E-state index in [1.54, 1.807) is 28.9 Å². The van der Waals surface area contributed by atoms with Crippen molar-refractivity contribution in [3.8, 4) is 0 Å². The standard InChI is InChI=1S/C14H16N4O/c1-17-7-6-12(16-17)14(19)18-9-11(15)8-10-4-2-3-5-13(10)18/h2-7,11H,8-9,15H2,1H3. The Labute approximate surface area is 111 Å². The molecule has 1 atom stereocenters. The molecule has 19 heavy (non-hydrogen) atoms. The molecule has 2 aromatic rings. The number of fused-ring (bicyclic) bond motifs is 1. The molecule has 1 aromatic carbocycles. The lowest BCUT2D eigenvalue weighted by atomic mass is 9.98. The van der Waals surface area contributed by atoms with E-state index in [0.29, 0.717) is 12.2 Å². The van der Waals surface area contributed by atoms with Crippen LogP contribution in [0.2, 0.25) is 0 Å². The molecule has 5 nitrogen and oxygen atoms in total. The van der Waals surface area contributed by atoms with Crippen LogP contribution in [0.5, 0.6) is 0 Å². The predicted octanol–water partition coefficient (Wildman–Crippen LogP) is 0.950. The Balaban J connectivity index is 1.99. The van der Waals surface area contributed by atoms with Crippen molar-refractivity contribution in [3.63, 3.8) is 0 Å². The molecule has 0 bridgehead atoms. The molecule has 1 aliphatic rings. The lowest BCUT2D eigenvalue weighted by Gasteiger charge is -2.32. The van der Waals surface area contributed by atoms with E-state index in [1.165, 1.54) is 0 Å². The van der Waals surface area contributed by atoms with E-state index in [9.17, 15) is 4.79 Å². The summed E-state index contributed by atoms with van der Waals surface area (Å²) >= 11 is 0. The largest absolute Gasteiger partial charge is 0.326 e. The normalized spacial score (nSPS) is 18.2. The van der Waals surface area contributed by atoms with Crippen molar-refractivity contribution < 1.29 is 4.79 Å². The third-order valence-electron chi connectivity index (χ3n) is 3.36. The van der Waals surface area contributed by atoms with Crippen LogP contribution in [0.3, 0.4) is 0 Å². The molecule has 0 radical (unpaired) electrons. The Hall–Kier alpha value is -2.14. The van der Waals surface area contributed by atoms with Gasteiger partial charge in [0.25, 0.3) is 5.91 Å². The summed E-state index contributed by atoms with van der Waals surface area (Å²) in [5.41, 5.74) is 8.55. The van der Waals surface area contributed by atoms with Crippen LogP contribution in [0.4, 0.5) is 5.69 Å². The second-order valence-corrected chi connectivity index (χ2v) is 4.88. The summed E-state index contributed by atoms with van der Waals surface area (Å²) in [7, 11) is 1.80. The zero-order chi connectivity index (χ0) is 13.4. The fourth-order valence-electron chi connectivity index (χ4n) is 2.49. The van der Waals surface area contributed by atoms with Gasteiger partial charge < -0.3 is 10.6 Å². The highest BCUT2D eigenvalue weighted by molar-refractivity contribution is 6.05. The second-order valence-electron chi connectivity index (χ2n) is 4.88. The Morgan fingerprint density at radius 3 is 2.89 bits per heavy atom. The fourth-order valence-corrected chi connectivity index (χ4v) is 2.49. The maximum atomic E-state index is 12.5. The third kappa shape index (κ3) is 2.13. The van der Waals surface area contributed by atoms with Crippen molar-refractivity contribution in [1.29, 1.82) is 0 Å². The van der Waals surface area contributed by atoms with Crippen LogP contribution in [0.15, 0.2) is 36.5 Å². The van der Waals surface area contributed by atoms with Crippen molar-refractivity contribution in [3.05, 3.63) is 47.8 Å². The van der Waals surface area contributed by atoms with E-state index < -0.39 is 0 Å². The number of hydrogen-bond acceptors (Lipinski definition) is 3. The summed E-state index contributed by atoms with van der Waals surface area (Å²) in [5.74, 6) is -0.0943. The number of carbonyl (C=O) groups is 1. The number of nitrogens with zero attached hydrogens (tertiary/aromatic N) is 3. The average Bonchev–Trinajstić information content (AvgIpc) is 2.83. The van der Waals surface area contributed by atoms with Gasteiger partial charge in [-0.3, -0.25) is 9.48 Å². The van der Waals surface area contributed by atoms with Crippen LogP contribution >= 0.6 is 0 Å². The highest BCUT2D eigenvalue weighted by Crippen LogP contribution is 2.27. The molecule has 0 aliphatic carbocycles. The second kappa shape index (κ2) is 4.51. The first-order valence-corrected chi connectivity index (χ1v) is 6.30. The first-order chi connectivity index (χ1) is 9.15. The van der Waals surface area contributed by atoms with Crippen molar-refractivity contribution in [2.24, 2.45) is 12.8 Å². The van der Waals surface area contributed by atoms with Crippen molar-refractivity contribution in [1.82, 2.24) is 9.78 Å². The van der Waals surface area contributed by atoms with Crippen molar-refractivity contribution >= 4 is 11.6 Å². The van der Waals surface area contributed by atoms with Crippen LogP contribution < -0.4 is 10.6 Å². The molecule has 98 valence electrons. The van der Waals surface area contributed by atoms with Gasteiger partial charge in [0, 0.05) is 31.5 Å². The Morgan fingerprint density at radius 2 is 2.16 bits per heavy atom. The van der Waals surface area contributed by atoms with Crippen LogP contribution in [-0.2, 0) is 13.5 Å². The van der Waals surface area contributed by atoms with Crippen LogP contribution in [0.25, 0.3) is 0 Å². The number of aromatic nitrogens is 2. The van der Waals surface area contributed by atoms with Gasteiger partial charge in [-0.15, -0.1) is 0 Å². The van der Waals surface area contributed by atoms with Gasteiger partial charge in [-0.2, -0.15) is 5.10 Å². The van der Waals surface area contributed by atoms with Gasteiger partial charge in [-0.05, 0) is 24.1 Å². The number of anilines is 1. The molecule has 1 aromatic heterocycles. The van der Waals surface area contributed by atoms with E-state index in [0.717, 1.165) is 17.7 Å². The number of hydrogen-bond donors (Lipinski definition) is 1. The number of carbonyl (C=O) groups excluding carboxylic acids is 1. The smallest absolute Gasteiger partial charge is 0.278 e. The van der Waals surface area contributed by atoms with Crippen LogP contribution in [0, 0.1) is 0 Å². The number of rotatable bonds is 1. The zero-order valence-corrected chi connectivity index (χ0v) is 10.8. The number of nitrogens with two attached hydrogens (primary N) is 1. The van der Waals surface area contributed by atoms with E-state index >= 15 is 0 Å². The minimum Gasteiger partial charge on any atom is -0.326 e. The summed E-state index contributed by atoms with van der Waals surface area (Å²) < 4.78 is 1.63. The number of aryl methyl sites for hydroxylation is 1. The summed E-state index contributed by atoms with van der Waals surface area (Å²) in [4.78, 5) is 14.2. The summed E-state index contributed by atoms with van der Waals surface area (Å²) in [6.45, 7) is 0.534. The summed E-state index contributed by atoms with van der Waals surface area (Å²) in [6, 6.07) is 9.59. The molecule has 2 heterocycles. The molecule has 1 aliphatic heterocycles. The van der Waals surface area contributed by atoms with E-state index in [1.807, 2.05) is 24.3 Å². The Morgan fingerprint density at radius 1 is 1.37 bits per heavy atom. The number of amides is 1. The minimum absolute atomic E-state index is 0.0254. The van der Waals surface area contributed by atoms with Gasteiger partial charge in [-0.1, -0.05) is 18.2 Å².